The highest BCUT2D eigenvalue weighted by atomic mass is 79.9. The second-order valence-electron chi connectivity index (χ2n) is 5.71. The van der Waals surface area contributed by atoms with E-state index >= 15 is 0 Å². The van der Waals surface area contributed by atoms with Crippen LogP contribution in [0.4, 0.5) is 5.69 Å². The molecule has 0 saturated heterocycles. The first-order valence-electron chi connectivity index (χ1n) is 8.13. The summed E-state index contributed by atoms with van der Waals surface area (Å²) in [5, 5.41) is 3.93. The standard InChI is InChI=1S/C19H23BrClNO3/c1-5-24-18-9-13(8-15(20)19(18)25-12(2)3)11-22-14-6-7-17(23-4)16(21)10-14/h6-10,12,22H,5,11H2,1-4H3. The molecule has 2 rings (SSSR count). The lowest BCUT2D eigenvalue weighted by molar-refractivity contribution is 0.222. The maximum absolute atomic E-state index is 6.16. The fourth-order valence-corrected chi connectivity index (χ4v) is 3.16. The Kier molecular flexibility index (Phi) is 7.26. The largest absolute Gasteiger partial charge is 0.495 e. The predicted molar refractivity (Wildman–Crippen MR) is 106 cm³/mol. The Labute approximate surface area is 162 Å². The van der Waals surface area contributed by atoms with Crippen molar-refractivity contribution < 1.29 is 14.2 Å². The van der Waals surface area contributed by atoms with E-state index in [2.05, 4.69) is 21.2 Å². The summed E-state index contributed by atoms with van der Waals surface area (Å²) in [6.45, 7) is 7.14. The van der Waals surface area contributed by atoms with Crippen molar-refractivity contribution >= 4 is 33.2 Å². The van der Waals surface area contributed by atoms with Crippen LogP contribution in [0.25, 0.3) is 0 Å². The lowest BCUT2D eigenvalue weighted by atomic mass is 10.2. The number of hydrogen-bond donors (Lipinski definition) is 1. The van der Waals surface area contributed by atoms with Crippen molar-refractivity contribution in [2.75, 3.05) is 19.0 Å². The molecular formula is C19H23BrClNO3. The van der Waals surface area contributed by atoms with E-state index in [-0.39, 0.29) is 6.10 Å². The number of nitrogens with one attached hydrogen (secondary N) is 1. The minimum absolute atomic E-state index is 0.0703. The van der Waals surface area contributed by atoms with Crippen LogP contribution in [0.2, 0.25) is 5.02 Å². The first kappa shape index (κ1) is 19.7. The summed E-state index contributed by atoms with van der Waals surface area (Å²) < 4.78 is 17.6. The summed E-state index contributed by atoms with van der Waals surface area (Å²) in [6, 6.07) is 9.63. The van der Waals surface area contributed by atoms with Gasteiger partial charge in [-0.25, -0.2) is 0 Å². The molecule has 0 amide bonds. The van der Waals surface area contributed by atoms with E-state index in [9.17, 15) is 0 Å². The molecule has 0 saturated carbocycles. The van der Waals surface area contributed by atoms with Gasteiger partial charge in [0.25, 0.3) is 0 Å². The van der Waals surface area contributed by atoms with Crippen LogP contribution < -0.4 is 19.5 Å². The van der Waals surface area contributed by atoms with E-state index in [1.165, 1.54) is 0 Å². The molecule has 0 aliphatic rings. The molecule has 0 bridgehead atoms. The van der Waals surface area contributed by atoms with Crippen molar-refractivity contribution in [2.24, 2.45) is 0 Å². The number of hydrogen-bond acceptors (Lipinski definition) is 4. The molecule has 0 atom stereocenters. The zero-order valence-electron chi connectivity index (χ0n) is 14.9. The first-order chi connectivity index (χ1) is 11.9. The van der Waals surface area contributed by atoms with Crippen molar-refractivity contribution in [3.05, 3.63) is 45.4 Å². The van der Waals surface area contributed by atoms with Crippen LogP contribution in [0.5, 0.6) is 17.2 Å². The number of benzene rings is 2. The van der Waals surface area contributed by atoms with Gasteiger partial charge in [0.1, 0.15) is 5.75 Å². The molecule has 0 spiro atoms. The quantitative estimate of drug-likeness (QED) is 0.567. The third-order valence-electron chi connectivity index (χ3n) is 3.37. The highest BCUT2D eigenvalue weighted by Gasteiger charge is 2.14. The van der Waals surface area contributed by atoms with Crippen LogP contribution in [0, 0.1) is 0 Å². The van der Waals surface area contributed by atoms with Gasteiger partial charge in [-0.2, -0.15) is 0 Å². The summed E-state index contributed by atoms with van der Waals surface area (Å²) in [6.07, 6.45) is 0.0703. The molecule has 0 fully saturated rings. The highest BCUT2D eigenvalue weighted by Crippen LogP contribution is 2.38. The predicted octanol–water partition coefficient (Wildman–Crippen LogP) is 5.91. The van der Waals surface area contributed by atoms with Gasteiger partial charge in [0.05, 0.1) is 29.3 Å². The Morgan fingerprint density at radius 1 is 1.16 bits per heavy atom. The van der Waals surface area contributed by atoms with Crippen molar-refractivity contribution in [2.45, 2.75) is 33.4 Å². The van der Waals surface area contributed by atoms with E-state index in [1.54, 1.807) is 7.11 Å². The average molecular weight is 429 g/mol. The van der Waals surface area contributed by atoms with Crippen molar-refractivity contribution in [1.29, 1.82) is 0 Å². The van der Waals surface area contributed by atoms with E-state index in [0.717, 1.165) is 27.2 Å². The Bertz CT molecular complexity index is 722. The minimum Gasteiger partial charge on any atom is -0.495 e. The van der Waals surface area contributed by atoms with Crippen LogP contribution in [0.1, 0.15) is 26.3 Å². The normalized spacial score (nSPS) is 10.7. The summed E-state index contributed by atoms with van der Waals surface area (Å²) >= 11 is 9.75. The van der Waals surface area contributed by atoms with Crippen LogP contribution >= 0.6 is 27.5 Å². The number of halogens is 2. The number of methoxy groups -OCH3 is 1. The first-order valence-corrected chi connectivity index (χ1v) is 9.31. The molecule has 4 nitrogen and oxygen atoms in total. The third kappa shape index (κ3) is 5.44. The van der Waals surface area contributed by atoms with E-state index in [4.69, 9.17) is 25.8 Å². The van der Waals surface area contributed by atoms with Gasteiger partial charge in [-0.15, -0.1) is 0 Å². The number of rotatable bonds is 8. The molecule has 1 N–H and O–H groups in total. The van der Waals surface area contributed by atoms with Gasteiger partial charge in [0.2, 0.25) is 0 Å². The molecule has 25 heavy (non-hydrogen) atoms. The Hall–Kier alpha value is -1.59. The summed E-state index contributed by atoms with van der Waals surface area (Å²) in [7, 11) is 1.60. The highest BCUT2D eigenvalue weighted by molar-refractivity contribution is 9.10. The van der Waals surface area contributed by atoms with Gasteiger partial charge in [-0.3, -0.25) is 0 Å². The summed E-state index contributed by atoms with van der Waals surface area (Å²) in [5.74, 6) is 2.12. The second kappa shape index (κ2) is 9.20. The SMILES string of the molecule is CCOc1cc(CNc2ccc(OC)c(Cl)c2)cc(Br)c1OC(C)C. The lowest BCUT2D eigenvalue weighted by Crippen LogP contribution is -2.09. The zero-order valence-corrected chi connectivity index (χ0v) is 17.2. The third-order valence-corrected chi connectivity index (χ3v) is 4.26. The van der Waals surface area contributed by atoms with Gasteiger partial charge < -0.3 is 19.5 Å². The van der Waals surface area contributed by atoms with E-state index < -0.39 is 0 Å². The minimum atomic E-state index is 0.0703. The maximum Gasteiger partial charge on any atom is 0.175 e. The molecule has 2 aromatic carbocycles. The average Bonchev–Trinajstić information content (AvgIpc) is 2.56. The molecule has 0 aliphatic carbocycles. The van der Waals surface area contributed by atoms with Crippen LogP contribution in [0.3, 0.4) is 0 Å². The van der Waals surface area contributed by atoms with Gasteiger partial charge in [-0.1, -0.05) is 11.6 Å². The Morgan fingerprint density at radius 3 is 2.52 bits per heavy atom. The zero-order chi connectivity index (χ0) is 18.4. The van der Waals surface area contributed by atoms with E-state index in [1.807, 2.05) is 51.1 Å². The van der Waals surface area contributed by atoms with Crippen LogP contribution in [-0.2, 0) is 6.54 Å². The molecule has 0 aliphatic heterocycles. The molecular weight excluding hydrogens is 406 g/mol. The fourth-order valence-electron chi connectivity index (χ4n) is 2.32. The van der Waals surface area contributed by atoms with Gasteiger partial charge in [0, 0.05) is 12.2 Å². The van der Waals surface area contributed by atoms with Crippen molar-refractivity contribution in [3.8, 4) is 17.2 Å². The van der Waals surface area contributed by atoms with Gasteiger partial charge in [-0.05, 0) is 72.6 Å². The van der Waals surface area contributed by atoms with Crippen molar-refractivity contribution in [1.82, 2.24) is 0 Å². The lowest BCUT2D eigenvalue weighted by Gasteiger charge is -2.18. The van der Waals surface area contributed by atoms with Crippen LogP contribution in [0.15, 0.2) is 34.8 Å². The number of ether oxygens (including phenoxy) is 3. The fraction of sp³-hybridized carbons (Fsp3) is 0.368. The molecule has 0 heterocycles. The molecule has 136 valence electrons. The van der Waals surface area contributed by atoms with Gasteiger partial charge >= 0.3 is 0 Å². The molecule has 2 aromatic rings. The second-order valence-corrected chi connectivity index (χ2v) is 6.97. The Balaban J connectivity index is 2.17. The smallest absolute Gasteiger partial charge is 0.175 e. The van der Waals surface area contributed by atoms with Crippen molar-refractivity contribution in [3.63, 3.8) is 0 Å². The molecule has 0 aromatic heterocycles. The Morgan fingerprint density at radius 2 is 1.92 bits per heavy atom. The van der Waals surface area contributed by atoms with E-state index in [0.29, 0.717) is 23.9 Å². The monoisotopic (exact) mass is 427 g/mol. The van der Waals surface area contributed by atoms with Crippen LogP contribution in [-0.4, -0.2) is 19.8 Å². The topological polar surface area (TPSA) is 39.7 Å². The maximum atomic E-state index is 6.16. The van der Waals surface area contributed by atoms with Gasteiger partial charge in [0.15, 0.2) is 11.5 Å². The molecule has 0 unspecified atom stereocenters. The molecule has 0 radical (unpaired) electrons. The molecule has 6 heteroatoms. The summed E-state index contributed by atoms with van der Waals surface area (Å²) in [4.78, 5) is 0. The number of anilines is 1. The summed E-state index contributed by atoms with van der Waals surface area (Å²) in [5.41, 5.74) is 1.99.